The van der Waals surface area contributed by atoms with Crippen molar-refractivity contribution in [2.75, 3.05) is 11.4 Å². The molecule has 1 aliphatic carbocycles. The minimum atomic E-state index is -0.663. The van der Waals surface area contributed by atoms with Gasteiger partial charge in [-0.25, -0.2) is 0 Å². The minimum Gasteiger partial charge on any atom is -0.481 e. The van der Waals surface area contributed by atoms with Crippen LogP contribution in [0.1, 0.15) is 74.0 Å². The van der Waals surface area contributed by atoms with Crippen LogP contribution >= 0.6 is 12.2 Å². The minimum absolute atomic E-state index is 0.263. The molecule has 1 N–H and O–H groups in total. The predicted octanol–water partition coefficient (Wildman–Crippen LogP) is 7.99. The molecule has 1 heterocycles. The van der Waals surface area contributed by atoms with E-state index in [-0.39, 0.29) is 5.92 Å². The van der Waals surface area contributed by atoms with E-state index in [4.69, 9.17) is 17.3 Å². The van der Waals surface area contributed by atoms with Crippen LogP contribution in [0.2, 0.25) is 0 Å². The lowest BCUT2D eigenvalue weighted by molar-refractivity contribution is -0.138. The molecular weight excluding hydrogens is 462 g/mol. The van der Waals surface area contributed by atoms with Gasteiger partial charge in [0.15, 0.2) is 0 Å². The normalized spacial score (nSPS) is 20.1. The fraction of sp³-hybridized carbons (Fsp3) is 0.375. The zero-order chi connectivity index (χ0) is 25.1. The van der Waals surface area contributed by atoms with E-state index < -0.39 is 5.97 Å². The molecule has 1 aliphatic heterocycles. The maximum Gasteiger partial charge on any atom is 0.303 e. The highest BCUT2D eigenvalue weighted by Crippen LogP contribution is 2.39. The molecule has 3 aromatic rings. The van der Waals surface area contributed by atoms with Crippen LogP contribution in [0, 0.1) is 5.92 Å². The standard InChI is InChI=1S/C32H35NO2S/c1-2-29(26-6-4-3-5-7-26)32(36)33-19-18-28-21-27(16-17-30(28)33)25-14-12-24(13-15-25)23-10-8-22(9-11-23)20-31(34)35/h3-7,12-17,21-23,29H,2,8-11,18-20H2,1H3,(H,34,35). The number of carbonyl (C=O) groups is 1. The number of hydrogen-bond acceptors (Lipinski definition) is 2. The fourth-order valence-corrected chi connectivity index (χ4v) is 6.62. The molecule has 36 heavy (non-hydrogen) atoms. The molecule has 1 atom stereocenters. The maximum absolute atomic E-state index is 11.0. The van der Waals surface area contributed by atoms with Gasteiger partial charge in [-0.3, -0.25) is 4.79 Å². The first-order chi connectivity index (χ1) is 17.5. The SMILES string of the molecule is CCC(C(=S)N1CCc2cc(-c3ccc(C4CCC(CC(=O)O)CC4)cc3)ccc21)c1ccccc1. The Morgan fingerprint density at radius 1 is 0.972 bits per heavy atom. The highest BCUT2D eigenvalue weighted by molar-refractivity contribution is 7.80. The van der Waals surface area contributed by atoms with Gasteiger partial charge < -0.3 is 10.0 Å². The van der Waals surface area contributed by atoms with Crippen molar-refractivity contribution in [2.24, 2.45) is 5.92 Å². The van der Waals surface area contributed by atoms with Crippen LogP contribution in [0.3, 0.4) is 0 Å². The van der Waals surface area contributed by atoms with Crippen LogP contribution < -0.4 is 4.90 Å². The first-order valence-corrected chi connectivity index (χ1v) is 13.8. The van der Waals surface area contributed by atoms with Crippen molar-refractivity contribution in [3.8, 4) is 11.1 Å². The summed E-state index contributed by atoms with van der Waals surface area (Å²) in [6.07, 6.45) is 6.56. The molecule has 1 unspecified atom stereocenters. The van der Waals surface area contributed by atoms with E-state index in [0.29, 0.717) is 18.3 Å². The quantitative estimate of drug-likeness (QED) is 0.336. The summed E-state index contributed by atoms with van der Waals surface area (Å²) in [6, 6.07) is 26.5. The summed E-state index contributed by atoms with van der Waals surface area (Å²) < 4.78 is 0. The molecule has 3 aromatic carbocycles. The number of anilines is 1. The van der Waals surface area contributed by atoms with Crippen molar-refractivity contribution in [1.29, 1.82) is 0 Å². The molecule has 0 saturated heterocycles. The zero-order valence-corrected chi connectivity index (χ0v) is 21.8. The molecule has 0 spiro atoms. The summed E-state index contributed by atoms with van der Waals surface area (Å²) in [5.41, 5.74) is 7.82. The Bertz CT molecular complexity index is 1210. The highest BCUT2D eigenvalue weighted by atomic mass is 32.1. The molecule has 4 heteroatoms. The van der Waals surface area contributed by atoms with Crippen LogP contribution in [0.4, 0.5) is 5.69 Å². The van der Waals surface area contributed by atoms with Gasteiger partial charge in [0.05, 0.1) is 4.99 Å². The van der Waals surface area contributed by atoms with Crippen LogP contribution in [-0.4, -0.2) is 22.6 Å². The third kappa shape index (κ3) is 5.24. The molecule has 0 aromatic heterocycles. The molecule has 1 saturated carbocycles. The van der Waals surface area contributed by atoms with Crippen molar-refractivity contribution in [3.63, 3.8) is 0 Å². The third-order valence-corrected chi connectivity index (χ3v) is 8.68. The third-order valence-electron chi connectivity index (χ3n) is 8.17. The second-order valence-electron chi connectivity index (χ2n) is 10.4. The number of rotatable bonds is 7. The van der Waals surface area contributed by atoms with Crippen molar-refractivity contribution in [1.82, 2.24) is 0 Å². The monoisotopic (exact) mass is 497 g/mol. The van der Waals surface area contributed by atoms with Gasteiger partial charge >= 0.3 is 5.97 Å². The van der Waals surface area contributed by atoms with Crippen LogP contribution in [0.5, 0.6) is 0 Å². The first-order valence-electron chi connectivity index (χ1n) is 13.3. The Balaban J connectivity index is 1.27. The predicted molar refractivity (Wildman–Crippen MR) is 152 cm³/mol. The van der Waals surface area contributed by atoms with Crippen LogP contribution in [0.15, 0.2) is 72.8 Å². The van der Waals surface area contributed by atoms with Crippen molar-refractivity contribution in [3.05, 3.63) is 89.5 Å². The van der Waals surface area contributed by atoms with Crippen molar-refractivity contribution >= 4 is 28.9 Å². The van der Waals surface area contributed by atoms with Gasteiger partial charge in [-0.05, 0) is 90.3 Å². The zero-order valence-electron chi connectivity index (χ0n) is 21.0. The Morgan fingerprint density at radius 3 is 2.33 bits per heavy atom. The van der Waals surface area contributed by atoms with E-state index in [0.717, 1.165) is 50.1 Å². The molecule has 2 aliphatic rings. The topological polar surface area (TPSA) is 40.5 Å². The van der Waals surface area contributed by atoms with Gasteiger partial charge in [0.25, 0.3) is 0 Å². The number of nitrogens with zero attached hydrogens (tertiary/aromatic N) is 1. The Kier molecular flexibility index (Phi) is 7.52. The summed E-state index contributed by atoms with van der Waals surface area (Å²) in [6.45, 7) is 3.17. The molecule has 0 bridgehead atoms. The summed E-state index contributed by atoms with van der Waals surface area (Å²) >= 11 is 6.02. The van der Waals surface area contributed by atoms with Gasteiger partial charge in [0.2, 0.25) is 0 Å². The van der Waals surface area contributed by atoms with E-state index in [1.54, 1.807) is 0 Å². The van der Waals surface area contributed by atoms with E-state index in [1.807, 2.05) is 0 Å². The number of thiocarbonyl (C=S) groups is 1. The number of carboxylic acid groups (broad SMARTS) is 1. The van der Waals surface area contributed by atoms with Gasteiger partial charge in [-0.15, -0.1) is 0 Å². The lowest BCUT2D eigenvalue weighted by atomic mass is 9.77. The Hall–Kier alpha value is -2.98. The molecular formula is C32H35NO2S. The van der Waals surface area contributed by atoms with Gasteiger partial charge in [-0.1, -0.05) is 79.8 Å². The van der Waals surface area contributed by atoms with Gasteiger partial charge in [0, 0.05) is 24.6 Å². The first kappa shape index (κ1) is 24.7. The molecule has 0 radical (unpaired) electrons. The second kappa shape index (κ2) is 11.0. The Labute approximate surface area is 220 Å². The van der Waals surface area contributed by atoms with Crippen molar-refractivity contribution in [2.45, 2.75) is 63.7 Å². The number of aliphatic carboxylic acids is 1. The smallest absolute Gasteiger partial charge is 0.303 e. The molecule has 1 fully saturated rings. The van der Waals surface area contributed by atoms with Crippen LogP contribution in [-0.2, 0) is 11.2 Å². The molecule has 3 nitrogen and oxygen atoms in total. The summed E-state index contributed by atoms with van der Waals surface area (Å²) in [4.78, 5) is 14.4. The highest BCUT2D eigenvalue weighted by Gasteiger charge is 2.28. The van der Waals surface area contributed by atoms with E-state index >= 15 is 0 Å². The lowest BCUT2D eigenvalue weighted by Gasteiger charge is -2.28. The van der Waals surface area contributed by atoms with E-state index in [1.165, 1.54) is 33.5 Å². The lowest BCUT2D eigenvalue weighted by Crippen LogP contribution is -2.32. The number of hydrogen-bond donors (Lipinski definition) is 1. The molecule has 186 valence electrons. The van der Waals surface area contributed by atoms with E-state index in [2.05, 4.69) is 84.6 Å². The Morgan fingerprint density at radius 2 is 1.67 bits per heavy atom. The second-order valence-corrected chi connectivity index (χ2v) is 10.8. The number of benzene rings is 3. The average Bonchev–Trinajstić information content (AvgIpc) is 3.33. The summed E-state index contributed by atoms with van der Waals surface area (Å²) in [7, 11) is 0. The maximum atomic E-state index is 11.0. The van der Waals surface area contributed by atoms with Crippen LogP contribution in [0.25, 0.3) is 11.1 Å². The van der Waals surface area contributed by atoms with Gasteiger partial charge in [-0.2, -0.15) is 0 Å². The number of carboxylic acids is 1. The fourth-order valence-electron chi connectivity index (χ4n) is 6.13. The summed E-state index contributed by atoms with van der Waals surface area (Å²) in [5, 5.41) is 9.06. The van der Waals surface area contributed by atoms with Crippen molar-refractivity contribution < 1.29 is 9.90 Å². The van der Waals surface area contributed by atoms with E-state index in [9.17, 15) is 4.79 Å². The largest absolute Gasteiger partial charge is 0.481 e. The number of fused-ring (bicyclic) bond motifs is 1. The molecule has 5 rings (SSSR count). The average molecular weight is 498 g/mol. The van der Waals surface area contributed by atoms with Gasteiger partial charge in [0.1, 0.15) is 0 Å². The summed E-state index contributed by atoms with van der Waals surface area (Å²) in [5.74, 6) is 0.494. The molecule has 0 amide bonds.